The van der Waals surface area contributed by atoms with E-state index in [1.807, 2.05) is 0 Å². The Hall–Kier alpha value is -0.970. The predicted molar refractivity (Wildman–Crippen MR) is 42.5 cm³/mol. The van der Waals surface area contributed by atoms with Gasteiger partial charge in [0.1, 0.15) is 0 Å². The van der Waals surface area contributed by atoms with E-state index in [2.05, 4.69) is 11.2 Å². The third kappa shape index (κ3) is 2.03. The Kier molecular flexibility index (Phi) is 2.03. The van der Waals surface area contributed by atoms with E-state index in [4.69, 9.17) is 0 Å². The van der Waals surface area contributed by atoms with Crippen LogP contribution in [0.4, 0.5) is 8.78 Å². The summed E-state index contributed by atoms with van der Waals surface area (Å²) >= 11 is 0. The molecule has 0 atom stereocenters. The maximum absolute atomic E-state index is 12.4. The van der Waals surface area contributed by atoms with Crippen LogP contribution in [0, 0.1) is 6.07 Å². The highest BCUT2D eigenvalue weighted by Crippen LogP contribution is 2.25. The van der Waals surface area contributed by atoms with Crippen LogP contribution in [0.15, 0.2) is 12.4 Å². The maximum Gasteiger partial charge on any atom is 0.272 e. The second-order valence-electron chi connectivity index (χ2n) is 3.27. The van der Waals surface area contributed by atoms with Gasteiger partial charge in [0.05, 0.1) is 25.8 Å². The molecule has 5 heteroatoms. The third-order valence-corrected chi connectivity index (χ3v) is 2.06. The van der Waals surface area contributed by atoms with Crippen molar-refractivity contribution in [3.05, 3.63) is 18.5 Å². The molecular formula is C8H10F2N3. The minimum absolute atomic E-state index is 0.113. The fourth-order valence-corrected chi connectivity index (χ4v) is 1.39. The summed E-state index contributed by atoms with van der Waals surface area (Å²) in [6.07, 6.45) is 3.27. The first kappa shape index (κ1) is 8.62. The highest BCUT2D eigenvalue weighted by Gasteiger charge is 2.43. The summed E-state index contributed by atoms with van der Waals surface area (Å²) in [6, 6.07) is 2.79. The van der Waals surface area contributed by atoms with Crippen molar-refractivity contribution in [3.8, 4) is 0 Å². The fraction of sp³-hybridized carbons (Fsp3) is 0.625. The summed E-state index contributed by atoms with van der Waals surface area (Å²) < 4.78 is 26.5. The summed E-state index contributed by atoms with van der Waals surface area (Å²) in [7, 11) is 0. The van der Waals surface area contributed by atoms with Gasteiger partial charge in [-0.25, -0.2) is 8.78 Å². The summed E-state index contributed by atoms with van der Waals surface area (Å²) in [5.41, 5.74) is 0. The molecule has 0 aromatic carbocycles. The predicted octanol–water partition coefficient (Wildman–Crippen LogP) is 0.634. The van der Waals surface area contributed by atoms with Gasteiger partial charge in [0.2, 0.25) is 0 Å². The van der Waals surface area contributed by atoms with Crippen molar-refractivity contribution in [1.82, 2.24) is 14.7 Å². The van der Waals surface area contributed by atoms with Crippen molar-refractivity contribution in [2.45, 2.75) is 12.5 Å². The lowest BCUT2D eigenvalue weighted by molar-refractivity contribution is -0.131. The summed E-state index contributed by atoms with van der Waals surface area (Å²) in [5, 5.41) is 3.93. The van der Waals surface area contributed by atoms with Crippen LogP contribution in [-0.2, 0) is 6.54 Å². The number of halogens is 2. The number of hydrogen-bond acceptors (Lipinski definition) is 2. The van der Waals surface area contributed by atoms with Gasteiger partial charge in [-0.1, -0.05) is 0 Å². The van der Waals surface area contributed by atoms with Crippen LogP contribution in [-0.4, -0.2) is 40.2 Å². The molecule has 0 aliphatic carbocycles. The van der Waals surface area contributed by atoms with E-state index >= 15 is 0 Å². The normalized spacial score (nSPS) is 21.4. The zero-order valence-corrected chi connectivity index (χ0v) is 7.08. The topological polar surface area (TPSA) is 21.1 Å². The van der Waals surface area contributed by atoms with Gasteiger partial charge >= 0.3 is 0 Å². The monoisotopic (exact) mass is 186 g/mol. The molecule has 1 fully saturated rings. The molecule has 0 unspecified atom stereocenters. The van der Waals surface area contributed by atoms with Gasteiger partial charge in [0.15, 0.2) is 0 Å². The van der Waals surface area contributed by atoms with Gasteiger partial charge in [-0.2, -0.15) is 5.10 Å². The Labute approximate surface area is 74.9 Å². The number of alkyl halides is 2. The Balaban J connectivity index is 1.71. The molecule has 1 aliphatic heterocycles. The maximum atomic E-state index is 12.4. The molecular weight excluding hydrogens is 176 g/mol. The Morgan fingerprint density at radius 1 is 1.38 bits per heavy atom. The van der Waals surface area contributed by atoms with Crippen LogP contribution in [0.2, 0.25) is 0 Å². The van der Waals surface area contributed by atoms with Gasteiger partial charge in [-0.3, -0.25) is 9.58 Å². The summed E-state index contributed by atoms with van der Waals surface area (Å²) in [6.45, 7) is 1.06. The van der Waals surface area contributed by atoms with Crippen LogP contribution >= 0.6 is 0 Å². The van der Waals surface area contributed by atoms with Crippen molar-refractivity contribution >= 4 is 0 Å². The molecule has 3 nitrogen and oxygen atoms in total. The number of nitrogens with zero attached hydrogens (tertiary/aromatic N) is 3. The molecule has 0 amide bonds. The highest BCUT2D eigenvalue weighted by molar-refractivity contribution is 4.86. The van der Waals surface area contributed by atoms with Crippen LogP contribution in [0.25, 0.3) is 0 Å². The van der Waals surface area contributed by atoms with Gasteiger partial charge in [0.25, 0.3) is 5.92 Å². The lowest BCUT2D eigenvalue weighted by Gasteiger charge is -2.38. The molecule has 1 aromatic heterocycles. The fourth-order valence-electron chi connectivity index (χ4n) is 1.39. The minimum Gasteiger partial charge on any atom is -0.290 e. The molecule has 0 saturated carbocycles. The van der Waals surface area contributed by atoms with E-state index in [0.29, 0.717) is 13.1 Å². The highest BCUT2D eigenvalue weighted by atomic mass is 19.3. The van der Waals surface area contributed by atoms with Gasteiger partial charge in [-0.05, 0) is 0 Å². The van der Waals surface area contributed by atoms with Crippen molar-refractivity contribution in [2.24, 2.45) is 0 Å². The first-order valence-corrected chi connectivity index (χ1v) is 4.14. The molecule has 1 aliphatic rings. The summed E-state index contributed by atoms with van der Waals surface area (Å²) in [5.74, 6) is -2.46. The molecule has 2 heterocycles. The van der Waals surface area contributed by atoms with E-state index in [9.17, 15) is 8.78 Å². The first-order chi connectivity index (χ1) is 6.16. The molecule has 13 heavy (non-hydrogen) atoms. The van der Waals surface area contributed by atoms with Crippen molar-refractivity contribution in [2.75, 3.05) is 19.6 Å². The van der Waals surface area contributed by atoms with E-state index in [1.54, 1.807) is 22.0 Å². The second kappa shape index (κ2) is 3.06. The third-order valence-electron chi connectivity index (χ3n) is 2.06. The number of aromatic nitrogens is 2. The quantitative estimate of drug-likeness (QED) is 0.690. The number of hydrogen-bond donors (Lipinski definition) is 0. The SMILES string of the molecule is FC1(F)CN(CCn2c[c]cn2)C1. The van der Waals surface area contributed by atoms with Gasteiger partial charge in [-0.15, -0.1) is 0 Å². The van der Waals surface area contributed by atoms with Crippen LogP contribution in [0.3, 0.4) is 0 Å². The smallest absolute Gasteiger partial charge is 0.272 e. The Morgan fingerprint density at radius 3 is 2.69 bits per heavy atom. The van der Waals surface area contributed by atoms with Crippen molar-refractivity contribution < 1.29 is 8.78 Å². The van der Waals surface area contributed by atoms with Crippen LogP contribution in [0.5, 0.6) is 0 Å². The molecule has 0 N–H and O–H groups in total. The zero-order valence-electron chi connectivity index (χ0n) is 7.08. The van der Waals surface area contributed by atoms with Crippen LogP contribution < -0.4 is 0 Å². The lowest BCUT2D eigenvalue weighted by atomic mass is 10.1. The van der Waals surface area contributed by atoms with Crippen molar-refractivity contribution in [1.29, 1.82) is 0 Å². The largest absolute Gasteiger partial charge is 0.290 e. The molecule has 0 spiro atoms. The Morgan fingerprint density at radius 2 is 2.15 bits per heavy atom. The number of rotatable bonds is 3. The number of likely N-dealkylation sites (tertiary alicyclic amines) is 1. The van der Waals surface area contributed by atoms with Crippen LogP contribution in [0.1, 0.15) is 0 Å². The minimum atomic E-state index is -2.46. The van der Waals surface area contributed by atoms with E-state index in [0.717, 1.165) is 0 Å². The van der Waals surface area contributed by atoms with E-state index in [1.165, 1.54) is 0 Å². The first-order valence-electron chi connectivity index (χ1n) is 4.14. The van der Waals surface area contributed by atoms with E-state index in [-0.39, 0.29) is 13.1 Å². The average molecular weight is 186 g/mol. The molecule has 1 saturated heterocycles. The van der Waals surface area contributed by atoms with Gasteiger partial charge < -0.3 is 0 Å². The Bertz CT molecular complexity index is 263. The second-order valence-corrected chi connectivity index (χ2v) is 3.27. The molecule has 1 radical (unpaired) electrons. The zero-order chi connectivity index (χ0) is 9.31. The molecule has 0 bridgehead atoms. The molecule has 1 aromatic rings. The molecule has 71 valence electrons. The van der Waals surface area contributed by atoms with E-state index < -0.39 is 5.92 Å². The lowest BCUT2D eigenvalue weighted by Crippen LogP contribution is -2.56. The average Bonchev–Trinajstić information content (AvgIpc) is 2.48. The standard InChI is InChI=1S/C8H10F2N3/c9-8(10)6-12(7-8)4-5-13-3-1-2-11-13/h2-3H,4-7H2. The molecule has 2 rings (SSSR count). The van der Waals surface area contributed by atoms with Crippen molar-refractivity contribution in [3.63, 3.8) is 0 Å². The summed E-state index contributed by atoms with van der Waals surface area (Å²) in [4.78, 5) is 1.71. The van der Waals surface area contributed by atoms with Gasteiger partial charge in [0, 0.05) is 18.8 Å².